The number of nitrogens with zero attached hydrogens (tertiary/aromatic N) is 1. The number of anilines is 1. The summed E-state index contributed by atoms with van der Waals surface area (Å²) in [6.45, 7) is 4.28. The van der Waals surface area contributed by atoms with Crippen LogP contribution in [0.2, 0.25) is 0 Å². The first-order chi connectivity index (χ1) is 10.0. The number of piperidine rings is 1. The van der Waals surface area contributed by atoms with E-state index in [2.05, 4.69) is 19.2 Å². The molecule has 21 heavy (non-hydrogen) atoms. The highest BCUT2D eigenvalue weighted by atomic mass is 16.2. The Morgan fingerprint density at radius 2 is 2.00 bits per heavy atom. The first-order valence-corrected chi connectivity index (χ1v) is 7.77. The third-order valence-electron chi connectivity index (χ3n) is 4.63. The molecule has 1 aromatic rings. The van der Waals surface area contributed by atoms with Crippen molar-refractivity contribution in [3.8, 4) is 0 Å². The van der Waals surface area contributed by atoms with E-state index in [1.807, 2.05) is 23.1 Å². The largest absolute Gasteiger partial charge is 0.337 e. The number of benzene rings is 1. The van der Waals surface area contributed by atoms with Crippen molar-refractivity contribution >= 4 is 17.5 Å². The Bertz CT molecular complexity index is 572. The maximum atomic E-state index is 12.6. The quantitative estimate of drug-likeness (QED) is 0.908. The van der Waals surface area contributed by atoms with Crippen molar-refractivity contribution in [2.45, 2.75) is 58.0 Å². The molecule has 0 radical (unpaired) electrons. The normalized spacial score (nSPS) is 24.7. The van der Waals surface area contributed by atoms with Gasteiger partial charge in [-0.3, -0.25) is 9.59 Å². The predicted molar refractivity (Wildman–Crippen MR) is 82.1 cm³/mol. The molecule has 3 rings (SSSR count). The number of carbonyl (C=O) groups is 2. The lowest BCUT2D eigenvalue weighted by Crippen LogP contribution is -2.48. The molecule has 0 saturated carbocycles. The van der Waals surface area contributed by atoms with E-state index in [-0.39, 0.29) is 11.8 Å². The summed E-state index contributed by atoms with van der Waals surface area (Å²) in [5, 5.41) is 2.82. The predicted octanol–water partition coefficient (Wildman–Crippen LogP) is 2.51. The zero-order chi connectivity index (χ0) is 15.0. The Balaban J connectivity index is 1.73. The highest BCUT2D eigenvalue weighted by molar-refractivity contribution is 5.99. The van der Waals surface area contributed by atoms with Gasteiger partial charge in [0.1, 0.15) is 0 Å². The highest BCUT2D eigenvalue weighted by Crippen LogP contribution is 2.26. The summed E-state index contributed by atoms with van der Waals surface area (Å²) in [6, 6.07) is 6.51. The van der Waals surface area contributed by atoms with Gasteiger partial charge in [-0.2, -0.15) is 0 Å². The van der Waals surface area contributed by atoms with E-state index in [0.29, 0.717) is 24.9 Å². The summed E-state index contributed by atoms with van der Waals surface area (Å²) in [5.41, 5.74) is 2.89. The van der Waals surface area contributed by atoms with Crippen LogP contribution in [0.1, 0.15) is 44.2 Å². The molecular weight excluding hydrogens is 264 g/mol. The van der Waals surface area contributed by atoms with E-state index >= 15 is 0 Å². The van der Waals surface area contributed by atoms with Crippen molar-refractivity contribution in [2.75, 3.05) is 5.32 Å². The van der Waals surface area contributed by atoms with Crippen LogP contribution in [-0.2, 0) is 22.4 Å². The molecule has 2 aliphatic rings. The standard InChI is InChI=1S/C17H22N2O2/c1-11-4-3-5-12(2)19(11)17(21)9-13-6-7-15-14(8-13)10-16(20)18-15/h6-8,11-12H,3-5,9-10H2,1-2H3,(H,18,20). The molecule has 2 aliphatic heterocycles. The van der Waals surface area contributed by atoms with Gasteiger partial charge in [-0.25, -0.2) is 0 Å². The van der Waals surface area contributed by atoms with E-state index < -0.39 is 0 Å². The van der Waals surface area contributed by atoms with Crippen LogP contribution in [0.3, 0.4) is 0 Å². The maximum Gasteiger partial charge on any atom is 0.228 e. The van der Waals surface area contributed by atoms with Crippen molar-refractivity contribution < 1.29 is 9.59 Å². The van der Waals surface area contributed by atoms with Crippen molar-refractivity contribution in [1.82, 2.24) is 4.90 Å². The molecule has 2 amide bonds. The molecule has 0 aromatic heterocycles. The molecule has 1 N–H and O–H groups in total. The van der Waals surface area contributed by atoms with Crippen molar-refractivity contribution in [3.05, 3.63) is 29.3 Å². The van der Waals surface area contributed by atoms with Crippen LogP contribution in [0, 0.1) is 0 Å². The first-order valence-electron chi connectivity index (χ1n) is 7.77. The van der Waals surface area contributed by atoms with Crippen LogP contribution < -0.4 is 5.32 Å². The topological polar surface area (TPSA) is 49.4 Å². The van der Waals surface area contributed by atoms with Gasteiger partial charge in [0.15, 0.2) is 0 Å². The summed E-state index contributed by atoms with van der Waals surface area (Å²) in [4.78, 5) is 26.0. The number of hydrogen-bond acceptors (Lipinski definition) is 2. The van der Waals surface area contributed by atoms with E-state index in [1.165, 1.54) is 6.42 Å². The van der Waals surface area contributed by atoms with E-state index in [0.717, 1.165) is 29.7 Å². The average molecular weight is 286 g/mol. The average Bonchev–Trinajstić information content (AvgIpc) is 2.77. The zero-order valence-electron chi connectivity index (χ0n) is 12.7. The molecule has 2 heterocycles. The monoisotopic (exact) mass is 286 g/mol. The fraction of sp³-hybridized carbons (Fsp3) is 0.529. The highest BCUT2D eigenvalue weighted by Gasteiger charge is 2.29. The molecule has 1 aromatic carbocycles. The van der Waals surface area contributed by atoms with Gasteiger partial charge in [0.25, 0.3) is 0 Å². The summed E-state index contributed by atoms with van der Waals surface area (Å²) in [5.74, 6) is 0.235. The molecule has 2 atom stereocenters. The van der Waals surface area contributed by atoms with Gasteiger partial charge in [0.05, 0.1) is 12.8 Å². The number of rotatable bonds is 2. The third kappa shape index (κ3) is 2.80. The van der Waals surface area contributed by atoms with Gasteiger partial charge in [-0.05, 0) is 50.3 Å². The summed E-state index contributed by atoms with van der Waals surface area (Å²) in [6.07, 6.45) is 4.25. The molecule has 0 aliphatic carbocycles. The van der Waals surface area contributed by atoms with Crippen molar-refractivity contribution in [1.29, 1.82) is 0 Å². The minimum absolute atomic E-state index is 0.0340. The number of hydrogen-bond donors (Lipinski definition) is 1. The minimum atomic E-state index is 0.0340. The fourth-order valence-corrected chi connectivity index (χ4v) is 3.57. The molecule has 0 bridgehead atoms. The van der Waals surface area contributed by atoms with Crippen LogP contribution in [-0.4, -0.2) is 28.8 Å². The summed E-state index contributed by atoms with van der Waals surface area (Å²) >= 11 is 0. The van der Waals surface area contributed by atoms with Gasteiger partial charge in [-0.15, -0.1) is 0 Å². The van der Waals surface area contributed by atoms with E-state index in [1.54, 1.807) is 0 Å². The second-order valence-electron chi connectivity index (χ2n) is 6.32. The molecule has 4 nitrogen and oxygen atoms in total. The van der Waals surface area contributed by atoms with Crippen LogP contribution in [0.15, 0.2) is 18.2 Å². The van der Waals surface area contributed by atoms with Crippen LogP contribution in [0.4, 0.5) is 5.69 Å². The maximum absolute atomic E-state index is 12.6. The van der Waals surface area contributed by atoms with Crippen molar-refractivity contribution in [3.63, 3.8) is 0 Å². The molecule has 112 valence electrons. The fourth-order valence-electron chi connectivity index (χ4n) is 3.57. The Morgan fingerprint density at radius 1 is 1.29 bits per heavy atom. The van der Waals surface area contributed by atoms with Crippen LogP contribution >= 0.6 is 0 Å². The number of fused-ring (bicyclic) bond motifs is 1. The summed E-state index contributed by atoms with van der Waals surface area (Å²) in [7, 11) is 0. The Morgan fingerprint density at radius 3 is 2.71 bits per heavy atom. The van der Waals surface area contributed by atoms with E-state index in [4.69, 9.17) is 0 Å². The molecule has 4 heteroatoms. The smallest absolute Gasteiger partial charge is 0.228 e. The van der Waals surface area contributed by atoms with Crippen LogP contribution in [0.5, 0.6) is 0 Å². The number of nitrogens with one attached hydrogen (secondary N) is 1. The van der Waals surface area contributed by atoms with Gasteiger partial charge in [0, 0.05) is 17.8 Å². The van der Waals surface area contributed by atoms with Gasteiger partial charge >= 0.3 is 0 Å². The lowest BCUT2D eigenvalue weighted by Gasteiger charge is -2.39. The summed E-state index contributed by atoms with van der Waals surface area (Å²) < 4.78 is 0. The lowest BCUT2D eigenvalue weighted by atomic mass is 9.96. The second kappa shape index (κ2) is 5.51. The zero-order valence-corrected chi connectivity index (χ0v) is 12.7. The van der Waals surface area contributed by atoms with Crippen LogP contribution in [0.25, 0.3) is 0 Å². The first kappa shape index (κ1) is 14.1. The van der Waals surface area contributed by atoms with E-state index in [9.17, 15) is 9.59 Å². The molecule has 2 unspecified atom stereocenters. The molecule has 1 saturated heterocycles. The molecular formula is C17H22N2O2. The number of amides is 2. The Labute approximate surface area is 125 Å². The van der Waals surface area contributed by atoms with Gasteiger partial charge < -0.3 is 10.2 Å². The molecule has 1 fully saturated rings. The number of carbonyl (C=O) groups excluding carboxylic acids is 2. The van der Waals surface area contributed by atoms with Gasteiger partial charge in [-0.1, -0.05) is 12.1 Å². The SMILES string of the molecule is CC1CCCC(C)N1C(=O)Cc1ccc2c(c1)CC(=O)N2. The third-order valence-corrected chi connectivity index (χ3v) is 4.63. The number of likely N-dealkylation sites (tertiary alicyclic amines) is 1. The lowest BCUT2D eigenvalue weighted by molar-refractivity contribution is -0.136. The van der Waals surface area contributed by atoms with Crippen molar-refractivity contribution in [2.24, 2.45) is 0 Å². The van der Waals surface area contributed by atoms with Gasteiger partial charge in [0.2, 0.25) is 11.8 Å². The minimum Gasteiger partial charge on any atom is -0.337 e. The Kier molecular flexibility index (Phi) is 3.70. The Hall–Kier alpha value is -1.84. The molecule has 0 spiro atoms. The second-order valence-corrected chi connectivity index (χ2v) is 6.32.